The van der Waals surface area contributed by atoms with Crippen LogP contribution in [-0.2, 0) is 4.74 Å². The van der Waals surface area contributed by atoms with Gasteiger partial charge in [-0.05, 0) is 18.2 Å². The van der Waals surface area contributed by atoms with Gasteiger partial charge in [0.15, 0.2) is 6.73 Å². The van der Waals surface area contributed by atoms with E-state index in [-0.39, 0.29) is 28.6 Å². The number of esters is 1. The summed E-state index contributed by atoms with van der Waals surface area (Å²) in [6, 6.07) is 11.5. The average molecular weight is 335 g/mol. The number of nitrogens with zero attached hydrogens (tertiary/aromatic N) is 1. The van der Waals surface area contributed by atoms with Gasteiger partial charge in [0.25, 0.3) is 11.6 Å². The summed E-state index contributed by atoms with van der Waals surface area (Å²) in [4.78, 5) is 33.7. The van der Waals surface area contributed by atoms with E-state index in [1.165, 1.54) is 24.3 Å². The van der Waals surface area contributed by atoms with E-state index in [1.54, 1.807) is 18.2 Å². The van der Waals surface area contributed by atoms with Crippen LogP contribution >= 0.6 is 11.6 Å². The lowest BCUT2D eigenvalue weighted by Crippen LogP contribution is -2.28. The van der Waals surface area contributed by atoms with Crippen molar-refractivity contribution in [1.29, 1.82) is 0 Å². The first-order valence-electron chi connectivity index (χ1n) is 6.43. The Hall–Kier alpha value is -2.93. The van der Waals surface area contributed by atoms with Gasteiger partial charge in [-0.1, -0.05) is 29.8 Å². The van der Waals surface area contributed by atoms with Crippen molar-refractivity contribution < 1.29 is 19.2 Å². The predicted molar refractivity (Wildman–Crippen MR) is 82.3 cm³/mol. The molecule has 0 spiro atoms. The molecule has 0 saturated heterocycles. The summed E-state index contributed by atoms with van der Waals surface area (Å²) in [7, 11) is 0. The number of nitro benzene ring substituents is 1. The van der Waals surface area contributed by atoms with E-state index in [0.29, 0.717) is 0 Å². The summed E-state index contributed by atoms with van der Waals surface area (Å²) in [5, 5.41) is 13.3. The summed E-state index contributed by atoms with van der Waals surface area (Å²) in [6.45, 7) is -0.383. The molecular weight excluding hydrogens is 324 g/mol. The Morgan fingerprint density at radius 3 is 2.61 bits per heavy atom. The van der Waals surface area contributed by atoms with Gasteiger partial charge in [0.1, 0.15) is 0 Å². The molecule has 8 heteroatoms. The Balaban J connectivity index is 1.92. The molecule has 0 heterocycles. The van der Waals surface area contributed by atoms with Crippen molar-refractivity contribution in [3.8, 4) is 0 Å². The quantitative estimate of drug-likeness (QED) is 0.392. The molecule has 0 bridgehead atoms. The number of hydrogen-bond acceptors (Lipinski definition) is 5. The second kappa shape index (κ2) is 7.37. The van der Waals surface area contributed by atoms with Gasteiger partial charge in [-0.25, -0.2) is 4.79 Å². The highest BCUT2D eigenvalue weighted by Gasteiger charge is 2.14. The third kappa shape index (κ3) is 4.27. The SMILES string of the molecule is O=C(OCNC(=O)c1ccccc1Cl)c1cccc([N+](=O)[O-])c1. The molecule has 0 aliphatic rings. The van der Waals surface area contributed by atoms with E-state index >= 15 is 0 Å². The molecule has 0 atom stereocenters. The Morgan fingerprint density at radius 1 is 1.17 bits per heavy atom. The van der Waals surface area contributed by atoms with Crippen molar-refractivity contribution in [2.45, 2.75) is 0 Å². The molecule has 118 valence electrons. The molecule has 0 aliphatic heterocycles. The second-order valence-electron chi connectivity index (χ2n) is 4.37. The first-order chi connectivity index (χ1) is 11.0. The lowest BCUT2D eigenvalue weighted by Gasteiger charge is -2.08. The standard InChI is InChI=1S/C15H11ClN2O5/c16-13-7-2-1-6-12(13)14(19)17-9-23-15(20)10-4-3-5-11(8-10)18(21)22/h1-8H,9H2,(H,17,19). The Bertz CT molecular complexity index is 763. The molecule has 2 aromatic carbocycles. The van der Waals surface area contributed by atoms with Crippen molar-refractivity contribution in [2.24, 2.45) is 0 Å². The number of rotatable bonds is 5. The first-order valence-corrected chi connectivity index (χ1v) is 6.81. The normalized spacial score (nSPS) is 9.96. The van der Waals surface area contributed by atoms with Gasteiger partial charge in [-0.3, -0.25) is 14.9 Å². The number of nitro groups is 1. The number of carbonyl (C=O) groups excluding carboxylic acids is 2. The molecule has 2 aromatic rings. The molecule has 1 N–H and O–H groups in total. The Kier molecular flexibility index (Phi) is 5.27. The minimum absolute atomic E-state index is 0.0196. The largest absolute Gasteiger partial charge is 0.441 e. The average Bonchev–Trinajstić information content (AvgIpc) is 2.55. The summed E-state index contributed by atoms with van der Waals surface area (Å²) in [5.41, 5.74) is 0.0475. The summed E-state index contributed by atoms with van der Waals surface area (Å²) in [6.07, 6.45) is 0. The number of non-ortho nitro benzene ring substituents is 1. The van der Waals surface area contributed by atoms with Crippen LogP contribution in [0.4, 0.5) is 5.69 Å². The summed E-state index contributed by atoms with van der Waals surface area (Å²) < 4.78 is 4.86. The molecule has 0 saturated carbocycles. The minimum atomic E-state index is -0.784. The molecular formula is C15H11ClN2O5. The monoisotopic (exact) mass is 334 g/mol. The highest BCUT2D eigenvalue weighted by Crippen LogP contribution is 2.15. The predicted octanol–water partition coefficient (Wildman–Crippen LogP) is 2.79. The van der Waals surface area contributed by atoms with Crippen molar-refractivity contribution in [2.75, 3.05) is 6.73 Å². The van der Waals surface area contributed by atoms with Crippen LogP contribution in [0.5, 0.6) is 0 Å². The van der Waals surface area contributed by atoms with Crippen molar-refractivity contribution in [3.05, 3.63) is 74.8 Å². The van der Waals surface area contributed by atoms with Crippen LogP contribution in [0.15, 0.2) is 48.5 Å². The van der Waals surface area contributed by atoms with Crippen LogP contribution in [0.2, 0.25) is 5.02 Å². The van der Waals surface area contributed by atoms with E-state index in [2.05, 4.69) is 5.32 Å². The van der Waals surface area contributed by atoms with Crippen LogP contribution < -0.4 is 5.32 Å². The van der Waals surface area contributed by atoms with Crippen molar-refractivity contribution in [3.63, 3.8) is 0 Å². The zero-order valence-corrected chi connectivity index (χ0v) is 12.4. The van der Waals surface area contributed by atoms with E-state index in [9.17, 15) is 19.7 Å². The molecule has 0 fully saturated rings. The lowest BCUT2D eigenvalue weighted by molar-refractivity contribution is -0.384. The summed E-state index contributed by atoms with van der Waals surface area (Å²) >= 11 is 5.87. The third-order valence-electron chi connectivity index (χ3n) is 2.85. The number of amides is 1. The Labute approximate surface area is 136 Å². The molecule has 2 rings (SSSR count). The Morgan fingerprint density at radius 2 is 1.91 bits per heavy atom. The molecule has 0 radical (unpaired) electrons. The fourth-order valence-electron chi connectivity index (χ4n) is 1.74. The van der Waals surface area contributed by atoms with Gasteiger partial charge in [0.05, 0.1) is 21.1 Å². The number of ether oxygens (including phenoxy) is 1. The van der Waals surface area contributed by atoms with Crippen LogP contribution in [0, 0.1) is 10.1 Å². The van der Waals surface area contributed by atoms with Crippen LogP contribution in [0.1, 0.15) is 20.7 Å². The maximum Gasteiger partial charge on any atom is 0.340 e. The molecule has 0 aromatic heterocycles. The highest BCUT2D eigenvalue weighted by atomic mass is 35.5. The van der Waals surface area contributed by atoms with Crippen molar-refractivity contribution in [1.82, 2.24) is 5.32 Å². The minimum Gasteiger partial charge on any atom is -0.441 e. The maximum absolute atomic E-state index is 11.9. The molecule has 23 heavy (non-hydrogen) atoms. The first kappa shape index (κ1) is 16.4. The number of carbonyl (C=O) groups is 2. The van der Waals surface area contributed by atoms with E-state index in [4.69, 9.17) is 16.3 Å². The smallest absolute Gasteiger partial charge is 0.340 e. The van der Waals surface area contributed by atoms with Gasteiger partial charge >= 0.3 is 5.97 Å². The molecule has 7 nitrogen and oxygen atoms in total. The number of halogens is 1. The zero-order chi connectivity index (χ0) is 16.8. The van der Waals surface area contributed by atoms with Gasteiger partial charge in [0, 0.05) is 12.1 Å². The topological polar surface area (TPSA) is 98.5 Å². The van der Waals surface area contributed by atoms with Gasteiger partial charge in [-0.15, -0.1) is 0 Å². The van der Waals surface area contributed by atoms with Gasteiger partial charge in [0.2, 0.25) is 0 Å². The fraction of sp³-hybridized carbons (Fsp3) is 0.0667. The summed E-state index contributed by atoms with van der Waals surface area (Å²) in [5.74, 6) is -1.28. The van der Waals surface area contributed by atoms with Gasteiger partial charge in [-0.2, -0.15) is 0 Å². The van der Waals surface area contributed by atoms with Crippen LogP contribution in [-0.4, -0.2) is 23.5 Å². The second-order valence-corrected chi connectivity index (χ2v) is 4.78. The van der Waals surface area contributed by atoms with Crippen LogP contribution in [0.3, 0.4) is 0 Å². The van der Waals surface area contributed by atoms with Crippen LogP contribution in [0.25, 0.3) is 0 Å². The zero-order valence-electron chi connectivity index (χ0n) is 11.7. The fourth-order valence-corrected chi connectivity index (χ4v) is 1.96. The third-order valence-corrected chi connectivity index (χ3v) is 3.18. The molecule has 0 aliphatic carbocycles. The molecule has 0 unspecified atom stereocenters. The van der Waals surface area contributed by atoms with Gasteiger partial charge < -0.3 is 10.1 Å². The number of nitrogens with one attached hydrogen (secondary N) is 1. The molecule has 1 amide bonds. The lowest BCUT2D eigenvalue weighted by atomic mass is 10.2. The van der Waals surface area contributed by atoms with E-state index in [1.807, 2.05) is 0 Å². The highest BCUT2D eigenvalue weighted by molar-refractivity contribution is 6.33. The van der Waals surface area contributed by atoms with E-state index in [0.717, 1.165) is 6.07 Å². The number of hydrogen-bond donors (Lipinski definition) is 1. The van der Waals surface area contributed by atoms with E-state index < -0.39 is 16.8 Å². The maximum atomic E-state index is 11.9. The van der Waals surface area contributed by atoms with Crippen molar-refractivity contribution >= 4 is 29.2 Å². The number of benzene rings is 2.